The van der Waals surface area contributed by atoms with E-state index < -0.39 is 29.9 Å². The Hall–Kier alpha value is -1.97. The van der Waals surface area contributed by atoms with Crippen molar-refractivity contribution in [3.63, 3.8) is 0 Å². The zero-order valence-electron chi connectivity index (χ0n) is 26.0. The zero-order chi connectivity index (χ0) is 31.1. The summed E-state index contributed by atoms with van der Waals surface area (Å²) in [6.45, 7) is 16.6. The van der Waals surface area contributed by atoms with Crippen LogP contribution in [0.3, 0.4) is 0 Å². The fraction of sp³-hybridized carbons (Fsp3) is 0.750. The van der Waals surface area contributed by atoms with Crippen LogP contribution in [0.25, 0.3) is 0 Å². The Bertz CT molecular complexity index is 762. The van der Waals surface area contributed by atoms with Crippen molar-refractivity contribution in [2.75, 3.05) is 19.6 Å². The summed E-state index contributed by atoms with van der Waals surface area (Å²) < 4.78 is 0. The van der Waals surface area contributed by atoms with Crippen LogP contribution < -0.4 is 31.9 Å². The monoisotopic (exact) mass is 806 g/mol. The summed E-state index contributed by atoms with van der Waals surface area (Å²) in [5.74, 6) is -0.460. The van der Waals surface area contributed by atoms with Crippen LogP contribution in [0.1, 0.15) is 81.1 Å². The summed E-state index contributed by atoms with van der Waals surface area (Å²) in [5.41, 5.74) is 0. The van der Waals surface area contributed by atoms with Gasteiger partial charge in [-0.25, -0.2) is 6.29 Å². The van der Waals surface area contributed by atoms with Crippen molar-refractivity contribution in [3.8, 4) is 0 Å². The third-order valence-corrected chi connectivity index (χ3v) is 5.45. The van der Waals surface area contributed by atoms with Gasteiger partial charge in [-0.15, -0.1) is 0 Å². The molecule has 13 heteroatoms. The van der Waals surface area contributed by atoms with Crippen molar-refractivity contribution in [1.82, 2.24) is 31.9 Å². The molecule has 0 bridgehead atoms. The van der Waals surface area contributed by atoms with Gasteiger partial charge in [-0.3, -0.25) is 24.0 Å². The molecule has 1 saturated heterocycles. The number of hydrogen-bond acceptors (Lipinski definition) is 7. The number of likely N-dealkylation sites (N-methyl/N-ethyl adjacent to an activating group) is 1. The Morgan fingerprint density at radius 2 is 1.49 bits per heavy atom. The molecule has 0 aromatic heterocycles. The Morgan fingerprint density at radius 1 is 0.927 bits per heavy atom. The number of carbonyl (C=O) groups is 5. The number of hydrogen-bond donors (Lipinski definition) is 6. The minimum Gasteiger partial charge on any atom is -0.540 e. The van der Waals surface area contributed by atoms with Crippen molar-refractivity contribution in [1.29, 1.82) is 0 Å². The summed E-state index contributed by atoms with van der Waals surface area (Å²) in [7, 11) is 0. The molecule has 4 atom stereocenters. The molecule has 0 spiro atoms. The molecule has 1 aliphatic heterocycles. The largest absolute Gasteiger partial charge is 2.00 e. The topological polar surface area (TPSA) is 175 Å². The number of carbonyl (C=O) groups excluding carboxylic acids is 6. The molecule has 12 nitrogen and oxygen atoms in total. The van der Waals surface area contributed by atoms with Crippen molar-refractivity contribution >= 4 is 36.3 Å². The Kier molecular flexibility index (Phi) is 28.5. The molecule has 0 aliphatic carbocycles. The van der Waals surface area contributed by atoms with E-state index in [9.17, 15) is 28.8 Å². The molecule has 4 unspecified atom stereocenters. The van der Waals surface area contributed by atoms with Crippen LogP contribution in [0, 0.1) is 49.4 Å². The summed E-state index contributed by atoms with van der Waals surface area (Å²) in [6.07, 6.45) is 7.00. The minimum atomic E-state index is -0.788. The molecule has 1 aliphatic rings. The molecule has 234 valence electrons. The third-order valence-electron chi connectivity index (χ3n) is 5.45. The van der Waals surface area contributed by atoms with E-state index >= 15 is 0 Å². The normalized spacial score (nSPS) is 15.7. The second kappa shape index (κ2) is 26.9. The molecule has 1 fully saturated rings. The first-order valence-corrected chi connectivity index (χ1v) is 14.1. The van der Waals surface area contributed by atoms with Gasteiger partial charge >= 0.3 is 31.1 Å². The van der Waals surface area contributed by atoms with Crippen LogP contribution in [-0.4, -0.2) is 80.1 Å². The van der Waals surface area contributed by atoms with Gasteiger partial charge in [0.1, 0.15) is 18.1 Å². The first-order valence-electron chi connectivity index (χ1n) is 14.1. The predicted molar refractivity (Wildman–Crippen MR) is 155 cm³/mol. The van der Waals surface area contributed by atoms with Crippen molar-refractivity contribution < 1.29 is 59.9 Å². The molecule has 0 aromatic rings. The van der Waals surface area contributed by atoms with E-state index in [1.165, 1.54) is 13.2 Å². The van der Waals surface area contributed by atoms with Crippen LogP contribution in [-0.2, 0) is 28.8 Å². The van der Waals surface area contributed by atoms with Crippen LogP contribution in [0.2, 0.25) is 0 Å². The number of amides is 5. The average molecular weight is 807 g/mol. The predicted octanol–water partition coefficient (Wildman–Crippen LogP) is 0.514. The zero-order valence-corrected chi connectivity index (χ0v) is 30.2. The van der Waals surface area contributed by atoms with Crippen LogP contribution in [0.15, 0.2) is 0 Å². The van der Waals surface area contributed by atoms with Gasteiger partial charge in [0.2, 0.25) is 30.0 Å². The van der Waals surface area contributed by atoms with Gasteiger partial charge in [-0.1, -0.05) is 34.2 Å². The summed E-state index contributed by atoms with van der Waals surface area (Å²) >= 11 is 0. The van der Waals surface area contributed by atoms with Gasteiger partial charge in [0, 0.05) is 6.54 Å². The van der Waals surface area contributed by atoms with E-state index in [2.05, 4.69) is 31.9 Å². The van der Waals surface area contributed by atoms with Gasteiger partial charge < -0.3 is 43.1 Å². The molecule has 0 saturated carbocycles. The average Bonchev–Trinajstić information content (AvgIpc) is 3.42. The van der Waals surface area contributed by atoms with Gasteiger partial charge in [0.15, 0.2) is 0 Å². The maximum Gasteiger partial charge on any atom is 2.00 e. The van der Waals surface area contributed by atoms with E-state index in [0.717, 1.165) is 19.4 Å². The van der Waals surface area contributed by atoms with Gasteiger partial charge in [0.25, 0.3) is 0 Å². The van der Waals surface area contributed by atoms with Gasteiger partial charge in [-0.2, -0.15) is 13.8 Å². The van der Waals surface area contributed by atoms with E-state index in [4.69, 9.17) is 0 Å². The van der Waals surface area contributed by atoms with E-state index in [1.54, 1.807) is 0 Å². The first-order chi connectivity index (χ1) is 18.9. The molecule has 1 rings (SSSR count). The molecular formula is C28H52N6O6U. The molecular weight excluding hydrogens is 754 g/mol. The molecule has 6 N–H and O–H groups in total. The standard InChI is InChI=1S/C13H25N3O2.C12H20N3O4.C3H7.U/c1-4-14-12(17)11(8-9(2)3)16-13(18)10-6-5-7-15-10;1-8(2)6-10(14-7-17)12(19)15-9(3)11(18)13-4-5-16;1-3-2;/h9-11,15H,4-8H2,1-3H3,(H,14,17)(H,16,18);7-10H,4,6H2,1-3H3,(H,13,18)(H,14,17)(H,15,19);3H,1-2H3;/q;2*-1;+2. The Balaban J connectivity index is -0.000000628. The summed E-state index contributed by atoms with van der Waals surface area (Å²) in [6, 6.07) is -2.01. The molecule has 1 heterocycles. The maximum atomic E-state index is 12.0. The Morgan fingerprint density at radius 3 is 1.93 bits per heavy atom. The fourth-order valence-electron chi connectivity index (χ4n) is 3.64. The molecule has 0 aromatic carbocycles. The van der Waals surface area contributed by atoms with Gasteiger partial charge in [0.05, 0.1) is 6.04 Å². The number of nitrogens with one attached hydrogen (secondary N) is 6. The second-order valence-corrected chi connectivity index (χ2v) is 10.4. The minimum absolute atomic E-state index is 0. The van der Waals surface area contributed by atoms with Crippen LogP contribution >= 0.6 is 0 Å². The molecule has 0 radical (unpaired) electrons. The quantitative estimate of drug-likeness (QED) is 0.103. The summed E-state index contributed by atoms with van der Waals surface area (Å²) in [4.78, 5) is 67.6. The van der Waals surface area contributed by atoms with Crippen molar-refractivity contribution in [2.45, 2.75) is 105 Å². The fourth-order valence-corrected chi connectivity index (χ4v) is 3.64. The van der Waals surface area contributed by atoms with Crippen LogP contribution in [0.4, 0.5) is 0 Å². The third kappa shape index (κ3) is 22.3. The number of rotatable bonds is 15. The van der Waals surface area contributed by atoms with Crippen molar-refractivity contribution in [2.24, 2.45) is 11.8 Å². The summed E-state index contributed by atoms with van der Waals surface area (Å²) in [5, 5.41) is 15.9. The van der Waals surface area contributed by atoms with E-state index in [-0.39, 0.29) is 61.4 Å². The first kappa shape index (κ1) is 43.5. The van der Waals surface area contributed by atoms with Gasteiger partial charge in [-0.05, 0) is 57.9 Å². The van der Waals surface area contributed by atoms with Crippen molar-refractivity contribution in [3.05, 3.63) is 6.42 Å². The molecule has 5 amide bonds. The Labute approximate surface area is 270 Å². The maximum absolute atomic E-state index is 12.0. The van der Waals surface area contributed by atoms with Crippen LogP contribution in [0.5, 0.6) is 0 Å². The SMILES string of the molecule is CC(C)CC(NC=O)C(=O)NC(C)C(=O)NC[C-]=O.CCNC(=O)C(CC(C)C)NC(=O)C1CCCN1.C[CH-]C.[U+2]. The van der Waals surface area contributed by atoms with E-state index in [1.807, 2.05) is 54.9 Å². The molecule has 41 heavy (non-hydrogen) atoms. The second-order valence-electron chi connectivity index (χ2n) is 10.4. The smallest absolute Gasteiger partial charge is 0.540 e. The van der Waals surface area contributed by atoms with E-state index in [0.29, 0.717) is 31.7 Å².